The molecule has 1 aromatic rings. The summed E-state index contributed by atoms with van der Waals surface area (Å²) in [6.45, 7) is 3.14. The molecule has 0 unspecified atom stereocenters. The molecule has 1 N–H and O–H groups in total. The van der Waals surface area contributed by atoms with Crippen LogP contribution in [0.2, 0.25) is 0 Å². The Labute approximate surface area is 121 Å². The first-order chi connectivity index (χ1) is 9.86. The molecular formula is C14H18F3N3O. The molecule has 1 aliphatic rings. The van der Waals surface area contributed by atoms with Crippen LogP contribution in [-0.4, -0.2) is 55.5 Å². The molecule has 0 saturated carbocycles. The maximum Gasteiger partial charge on any atom is 0.416 e. The van der Waals surface area contributed by atoms with E-state index in [-0.39, 0.29) is 12.5 Å². The Balaban J connectivity index is 1.84. The molecule has 4 nitrogen and oxygen atoms in total. The number of amides is 1. The predicted molar refractivity (Wildman–Crippen MR) is 74.0 cm³/mol. The molecule has 1 saturated heterocycles. The molecule has 0 aromatic heterocycles. The maximum absolute atomic E-state index is 12.4. The quantitative estimate of drug-likeness (QED) is 0.926. The Hall–Kier alpha value is -1.76. The molecule has 1 heterocycles. The highest BCUT2D eigenvalue weighted by molar-refractivity contribution is 5.81. The Kier molecular flexibility index (Phi) is 4.72. The lowest BCUT2D eigenvalue weighted by Crippen LogP contribution is -2.48. The fraction of sp³-hybridized carbons (Fsp3) is 0.500. The number of piperazine rings is 1. The smallest absolute Gasteiger partial charge is 0.376 e. The molecule has 1 amide bonds. The van der Waals surface area contributed by atoms with Crippen molar-refractivity contribution in [3.8, 4) is 0 Å². The normalized spacial score (nSPS) is 16.9. The van der Waals surface area contributed by atoms with Crippen LogP contribution in [0.15, 0.2) is 24.3 Å². The Morgan fingerprint density at radius 2 is 1.71 bits per heavy atom. The molecule has 116 valence electrons. The largest absolute Gasteiger partial charge is 0.416 e. The molecule has 0 radical (unpaired) electrons. The van der Waals surface area contributed by atoms with E-state index in [1.54, 1.807) is 4.90 Å². The van der Waals surface area contributed by atoms with Gasteiger partial charge in [-0.3, -0.25) is 4.79 Å². The van der Waals surface area contributed by atoms with Crippen LogP contribution < -0.4 is 5.32 Å². The summed E-state index contributed by atoms with van der Waals surface area (Å²) < 4.78 is 37.3. The van der Waals surface area contributed by atoms with Crippen molar-refractivity contribution in [1.29, 1.82) is 0 Å². The van der Waals surface area contributed by atoms with Crippen LogP contribution in [0, 0.1) is 0 Å². The lowest BCUT2D eigenvalue weighted by Gasteiger charge is -2.32. The summed E-state index contributed by atoms with van der Waals surface area (Å²) >= 11 is 0. The van der Waals surface area contributed by atoms with Gasteiger partial charge in [0, 0.05) is 31.9 Å². The van der Waals surface area contributed by atoms with Gasteiger partial charge in [0.15, 0.2) is 0 Å². The average molecular weight is 301 g/mol. The van der Waals surface area contributed by atoms with Gasteiger partial charge in [-0.15, -0.1) is 0 Å². The lowest BCUT2D eigenvalue weighted by atomic mass is 10.2. The number of alkyl halides is 3. The molecule has 0 aliphatic carbocycles. The van der Waals surface area contributed by atoms with Gasteiger partial charge in [0.1, 0.15) is 0 Å². The van der Waals surface area contributed by atoms with E-state index in [4.69, 9.17) is 0 Å². The van der Waals surface area contributed by atoms with E-state index >= 15 is 0 Å². The first kappa shape index (κ1) is 15.6. The van der Waals surface area contributed by atoms with Gasteiger partial charge in [-0.05, 0) is 31.3 Å². The SMILES string of the molecule is CN1CCN(C(=O)CNc2ccc(C(F)(F)F)cc2)CC1. The van der Waals surface area contributed by atoms with Crippen LogP contribution in [0.4, 0.5) is 18.9 Å². The first-order valence-electron chi connectivity index (χ1n) is 6.74. The Bertz CT molecular complexity index is 479. The van der Waals surface area contributed by atoms with Crippen molar-refractivity contribution in [2.45, 2.75) is 6.18 Å². The van der Waals surface area contributed by atoms with Crippen LogP contribution in [0.5, 0.6) is 0 Å². The number of rotatable bonds is 3. The predicted octanol–water partition coefficient (Wildman–Crippen LogP) is 1.89. The van der Waals surface area contributed by atoms with Crippen molar-refractivity contribution >= 4 is 11.6 Å². The molecule has 7 heteroatoms. The summed E-state index contributed by atoms with van der Waals surface area (Å²) in [4.78, 5) is 15.9. The number of carbonyl (C=O) groups excluding carboxylic acids is 1. The van der Waals surface area contributed by atoms with Crippen molar-refractivity contribution in [2.24, 2.45) is 0 Å². The third-order valence-electron chi connectivity index (χ3n) is 3.51. The van der Waals surface area contributed by atoms with E-state index < -0.39 is 11.7 Å². The number of nitrogens with zero attached hydrogens (tertiary/aromatic N) is 2. The molecule has 1 aromatic carbocycles. The molecular weight excluding hydrogens is 283 g/mol. The zero-order valence-electron chi connectivity index (χ0n) is 11.8. The van der Waals surface area contributed by atoms with Crippen LogP contribution >= 0.6 is 0 Å². The fourth-order valence-electron chi connectivity index (χ4n) is 2.12. The maximum atomic E-state index is 12.4. The molecule has 0 spiro atoms. The van der Waals surface area contributed by atoms with E-state index in [0.717, 1.165) is 25.2 Å². The standard InChI is InChI=1S/C14H18F3N3O/c1-19-6-8-20(9-7-19)13(21)10-18-12-4-2-11(3-5-12)14(15,16)17/h2-5,18H,6-10H2,1H3. The second kappa shape index (κ2) is 6.34. The van der Waals surface area contributed by atoms with Gasteiger partial charge in [0.05, 0.1) is 12.1 Å². The number of nitrogens with one attached hydrogen (secondary N) is 1. The molecule has 21 heavy (non-hydrogen) atoms. The second-order valence-corrected chi connectivity index (χ2v) is 5.11. The third kappa shape index (κ3) is 4.35. The topological polar surface area (TPSA) is 35.6 Å². The monoisotopic (exact) mass is 301 g/mol. The lowest BCUT2D eigenvalue weighted by molar-refractivity contribution is -0.137. The number of anilines is 1. The highest BCUT2D eigenvalue weighted by Crippen LogP contribution is 2.29. The van der Waals surface area contributed by atoms with Crippen molar-refractivity contribution < 1.29 is 18.0 Å². The zero-order chi connectivity index (χ0) is 15.5. The van der Waals surface area contributed by atoms with Gasteiger partial charge in [-0.25, -0.2) is 0 Å². The molecule has 0 atom stereocenters. The average Bonchev–Trinajstić information content (AvgIpc) is 2.45. The van der Waals surface area contributed by atoms with E-state index in [0.29, 0.717) is 18.8 Å². The summed E-state index contributed by atoms with van der Waals surface area (Å²) in [6.07, 6.45) is -4.34. The fourth-order valence-corrected chi connectivity index (χ4v) is 2.12. The number of hydrogen-bond acceptors (Lipinski definition) is 3. The first-order valence-corrected chi connectivity index (χ1v) is 6.74. The van der Waals surface area contributed by atoms with Gasteiger partial charge < -0.3 is 15.1 Å². The van der Waals surface area contributed by atoms with Crippen LogP contribution in [0.3, 0.4) is 0 Å². The van der Waals surface area contributed by atoms with E-state index in [1.807, 2.05) is 7.05 Å². The van der Waals surface area contributed by atoms with Gasteiger partial charge in [-0.1, -0.05) is 0 Å². The Morgan fingerprint density at radius 3 is 2.24 bits per heavy atom. The van der Waals surface area contributed by atoms with Gasteiger partial charge in [0.25, 0.3) is 0 Å². The Morgan fingerprint density at radius 1 is 1.14 bits per heavy atom. The third-order valence-corrected chi connectivity index (χ3v) is 3.51. The van der Waals surface area contributed by atoms with Crippen molar-refractivity contribution in [3.63, 3.8) is 0 Å². The van der Waals surface area contributed by atoms with Crippen molar-refractivity contribution in [3.05, 3.63) is 29.8 Å². The minimum absolute atomic E-state index is 0.0389. The minimum Gasteiger partial charge on any atom is -0.376 e. The number of likely N-dealkylation sites (N-methyl/N-ethyl adjacent to an activating group) is 1. The zero-order valence-corrected chi connectivity index (χ0v) is 11.8. The van der Waals surface area contributed by atoms with Gasteiger partial charge in [-0.2, -0.15) is 13.2 Å². The highest BCUT2D eigenvalue weighted by atomic mass is 19.4. The van der Waals surface area contributed by atoms with Crippen molar-refractivity contribution in [2.75, 3.05) is 45.1 Å². The molecule has 2 rings (SSSR count). The van der Waals surface area contributed by atoms with Gasteiger partial charge >= 0.3 is 6.18 Å². The van der Waals surface area contributed by atoms with Crippen LogP contribution in [0.25, 0.3) is 0 Å². The highest BCUT2D eigenvalue weighted by Gasteiger charge is 2.29. The van der Waals surface area contributed by atoms with Gasteiger partial charge in [0.2, 0.25) is 5.91 Å². The van der Waals surface area contributed by atoms with E-state index in [1.165, 1.54) is 12.1 Å². The summed E-state index contributed by atoms with van der Waals surface area (Å²) in [6, 6.07) is 4.67. The van der Waals surface area contributed by atoms with Crippen LogP contribution in [0.1, 0.15) is 5.56 Å². The summed E-state index contributed by atoms with van der Waals surface area (Å²) in [5, 5.41) is 2.86. The molecule has 1 fully saturated rings. The van der Waals surface area contributed by atoms with Crippen LogP contribution in [-0.2, 0) is 11.0 Å². The minimum atomic E-state index is -4.34. The summed E-state index contributed by atoms with van der Waals surface area (Å²) in [5.41, 5.74) is -0.191. The molecule has 0 bridgehead atoms. The number of hydrogen-bond donors (Lipinski definition) is 1. The second-order valence-electron chi connectivity index (χ2n) is 5.11. The van der Waals surface area contributed by atoms with E-state index in [2.05, 4.69) is 10.2 Å². The summed E-state index contributed by atoms with van der Waals surface area (Å²) in [7, 11) is 2.00. The molecule has 1 aliphatic heterocycles. The van der Waals surface area contributed by atoms with Crippen molar-refractivity contribution in [1.82, 2.24) is 9.80 Å². The summed E-state index contributed by atoms with van der Waals surface area (Å²) in [5.74, 6) is -0.0389. The van der Waals surface area contributed by atoms with E-state index in [9.17, 15) is 18.0 Å². The number of carbonyl (C=O) groups is 1. The number of benzene rings is 1. The number of halogens is 3.